The molecule has 320 valence electrons. The molecular formula is C33H51NO22. The summed E-state index contributed by atoms with van der Waals surface area (Å²) >= 11 is 0. The molecule has 23 heteroatoms. The number of carbonyl (C=O) groups is 1. The highest BCUT2D eigenvalue weighted by molar-refractivity contribution is 5.77. The highest BCUT2D eigenvalue weighted by atomic mass is 16.8. The van der Waals surface area contributed by atoms with E-state index in [4.69, 9.17) is 37.9 Å². The zero-order valence-electron chi connectivity index (χ0n) is 29.7. The molecule has 4 heterocycles. The minimum Gasteiger partial charge on any atom is -0.394 e. The molecule has 5 rings (SSSR count). The Hall–Kier alpha value is -2.15. The van der Waals surface area contributed by atoms with E-state index in [2.05, 4.69) is 5.32 Å². The fourth-order valence-electron chi connectivity index (χ4n) is 6.74. The lowest BCUT2D eigenvalue weighted by Crippen LogP contribution is -2.67. The van der Waals surface area contributed by atoms with Crippen LogP contribution in [0, 0.1) is 0 Å². The van der Waals surface area contributed by atoms with Crippen LogP contribution in [-0.2, 0) is 49.3 Å². The van der Waals surface area contributed by atoms with Crippen molar-refractivity contribution in [2.75, 3.05) is 33.0 Å². The Morgan fingerprint density at radius 1 is 0.625 bits per heavy atom. The number of hydrogen-bond donors (Lipinski definition) is 14. The van der Waals surface area contributed by atoms with Crippen LogP contribution in [0.25, 0.3) is 0 Å². The number of hydrogen-bond acceptors (Lipinski definition) is 22. The van der Waals surface area contributed by atoms with Crippen LogP contribution < -0.4 is 5.32 Å². The first-order chi connectivity index (χ1) is 26.7. The number of aliphatic hydroxyl groups excluding tert-OH is 13. The summed E-state index contributed by atoms with van der Waals surface area (Å²) < 4.78 is 45.7. The van der Waals surface area contributed by atoms with Gasteiger partial charge < -0.3 is 110 Å². The maximum Gasteiger partial charge on any atom is 0.246 e. The van der Waals surface area contributed by atoms with Crippen molar-refractivity contribution in [2.24, 2.45) is 0 Å². The van der Waals surface area contributed by atoms with Crippen molar-refractivity contribution in [2.45, 2.75) is 129 Å². The van der Waals surface area contributed by atoms with Gasteiger partial charge in [-0.25, -0.2) is 0 Å². The van der Waals surface area contributed by atoms with Crippen molar-refractivity contribution in [3.63, 3.8) is 0 Å². The van der Waals surface area contributed by atoms with Crippen molar-refractivity contribution >= 4 is 5.91 Å². The SMILES string of the molecule is O=C(CO)N[C@H]1[C@H](OCc2ccccc2)O[C@@H](CO[C@H]2O[C@@H](CO)[C@@H](O)[C@@H](O[C@H]3O[C@@H](CO)[C@@H](O)[C@H](O)[C@@H]3O)[C@@H]2O)[C@H](O[C@@H]2O[C@@H]([C@H](O)CO)[C@H](O)[C@H]2O)[C@H]1O. The largest absolute Gasteiger partial charge is 0.394 e. The van der Waals surface area contributed by atoms with Crippen LogP contribution in [0.5, 0.6) is 0 Å². The van der Waals surface area contributed by atoms with Crippen molar-refractivity contribution in [3.05, 3.63) is 35.9 Å². The van der Waals surface area contributed by atoms with Crippen LogP contribution in [0.1, 0.15) is 5.56 Å². The molecule has 56 heavy (non-hydrogen) atoms. The zero-order valence-corrected chi connectivity index (χ0v) is 29.7. The van der Waals surface area contributed by atoms with Crippen molar-refractivity contribution in [1.29, 1.82) is 0 Å². The molecule has 1 amide bonds. The molecule has 0 saturated carbocycles. The van der Waals surface area contributed by atoms with Crippen LogP contribution in [0.2, 0.25) is 0 Å². The van der Waals surface area contributed by atoms with Crippen LogP contribution in [0.4, 0.5) is 0 Å². The first kappa shape index (κ1) is 44.9. The van der Waals surface area contributed by atoms with Crippen LogP contribution >= 0.6 is 0 Å². The predicted molar refractivity (Wildman–Crippen MR) is 176 cm³/mol. The standard InChI is InChI=1S/C33H51NO22/c35-6-13(39)27-23(45)25(47)33(54-27)55-28-16(53-30(18(21(28)43)34-17(40)9-38)49-10-12-4-2-1-3-5-12)11-50-31-26(48)29(20(42)15(8-37)51-31)56-32-24(46)22(44)19(41)14(7-36)52-32/h1-5,13-16,18-33,35-39,41-48H,6-11H2,(H,34,40)/t13-,14+,15+,16+,18-,19-,20-,21+,22+,23-,24+,25-,26+,27+,28+,29-,30-,31+,32-,33+/m1/s1. The van der Waals surface area contributed by atoms with Crippen LogP contribution in [0.3, 0.4) is 0 Å². The number of aliphatic hydroxyl groups is 13. The van der Waals surface area contributed by atoms with Gasteiger partial charge in [-0.2, -0.15) is 0 Å². The third-order valence-corrected chi connectivity index (χ3v) is 9.90. The van der Waals surface area contributed by atoms with Crippen LogP contribution in [-0.4, -0.2) is 228 Å². The molecular weight excluding hydrogens is 762 g/mol. The highest BCUT2D eigenvalue weighted by Crippen LogP contribution is 2.34. The Balaban J connectivity index is 1.39. The lowest BCUT2D eigenvalue weighted by atomic mass is 9.95. The van der Waals surface area contributed by atoms with E-state index in [1.54, 1.807) is 30.3 Å². The molecule has 4 aliphatic rings. The molecule has 1 aromatic carbocycles. The molecule has 0 aliphatic carbocycles. The molecule has 0 aromatic heterocycles. The van der Waals surface area contributed by atoms with Crippen molar-refractivity contribution in [3.8, 4) is 0 Å². The van der Waals surface area contributed by atoms with Crippen molar-refractivity contribution < 1.29 is 109 Å². The summed E-state index contributed by atoms with van der Waals surface area (Å²) in [5, 5.41) is 137. The van der Waals surface area contributed by atoms with Gasteiger partial charge in [0, 0.05) is 0 Å². The van der Waals surface area contributed by atoms with E-state index >= 15 is 0 Å². The normalized spacial score (nSPS) is 43.7. The fraction of sp³-hybridized carbons (Fsp3) is 0.788. The third-order valence-electron chi connectivity index (χ3n) is 9.90. The van der Waals surface area contributed by atoms with Crippen LogP contribution in [0.15, 0.2) is 30.3 Å². The number of nitrogens with one attached hydrogen (secondary N) is 1. The van der Waals surface area contributed by atoms with E-state index < -0.39 is 162 Å². The quantitative estimate of drug-likeness (QED) is 0.0737. The van der Waals surface area contributed by atoms with E-state index in [1.807, 2.05) is 0 Å². The zero-order chi connectivity index (χ0) is 40.8. The predicted octanol–water partition coefficient (Wildman–Crippen LogP) is -8.41. The van der Waals surface area contributed by atoms with Crippen molar-refractivity contribution in [1.82, 2.24) is 5.32 Å². The number of amides is 1. The van der Waals surface area contributed by atoms with E-state index in [-0.39, 0.29) is 6.61 Å². The van der Waals surface area contributed by atoms with E-state index in [1.165, 1.54) is 0 Å². The average molecular weight is 814 g/mol. The molecule has 4 fully saturated rings. The monoisotopic (exact) mass is 813 g/mol. The summed E-state index contributed by atoms with van der Waals surface area (Å²) in [5.74, 6) is -0.962. The fourth-order valence-corrected chi connectivity index (χ4v) is 6.74. The van der Waals surface area contributed by atoms with Gasteiger partial charge in [-0.3, -0.25) is 4.79 Å². The second-order valence-electron chi connectivity index (χ2n) is 13.7. The molecule has 4 aliphatic heterocycles. The van der Waals surface area contributed by atoms with Gasteiger partial charge in [-0.15, -0.1) is 0 Å². The summed E-state index contributed by atoms with van der Waals surface area (Å²) in [6, 6.07) is 7.15. The number of benzene rings is 1. The summed E-state index contributed by atoms with van der Waals surface area (Å²) in [6.07, 6.45) is -32.9. The van der Waals surface area contributed by atoms with Gasteiger partial charge in [0.1, 0.15) is 104 Å². The summed E-state index contributed by atoms with van der Waals surface area (Å²) in [4.78, 5) is 12.4. The first-order valence-corrected chi connectivity index (χ1v) is 17.8. The number of rotatable bonds is 16. The molecule has 0 spiro atoms. The Kier molecular flexibility index (Phi) is 16.2. The Bertz CT molecular complexity index is 1350. The minimum absolute atomic E-state index is 0.127. The van der Waals surface area contributed by atoms with Gasteiger partial charge in [-0.1, -0.05) is 30.3 Å². The lowest BCUT2D eigenvalue weighted by molar-refractivity contribution is -0.366. The average Bonchev–Trinajstić information content (AvgIpc) is 3.49. The van der Waals surface area contributed by atoms with Gasteiger partial charge in [0.25, 0.3) is 0 Å². The number of carbonyl (C=O) groups excluding carboxylic acids is 1. The van der Waals surface area contributed by atoms with E-state index in [0.29, 0.717) is 5.56 Å². The van der Waals surface area contributed by atoms with Gasteiger partial charge in [0.2, 0.25) is 5.91 Å². The van der Waals surface area contributed by atoms with E-state index in [9.17, 15) is 71.2 Å². The molecule has 20 atom stereocenters. The van der Waals surface area contributed by atoms with Gasteiger partial charge >= 0.3 is 0 Å². The first-order valence-electron chi connectivity index (χ1n) is 17.8. The highest BCUT2D eigenvalue weighted by Gasteiger charge is 2.55. The second kappa shape index (κ2) is 20.2. The summed E-state index contributed by atoms with van der Waals surface area (Å²) in [5.41, 5.74) is 0.645. The molecule has 23 nitrogen and oxygen atoms in total. The van der Waals surface area contributed by atoms with Gasteiger partial charge in [-0.05, 0) is 5.56 Å². The Morgan fingerprint density at radius 3 is 1.86 bits per heavy atom. The Labute approximate surface area is 318 Å². The van der Waals surface area contributed by atoms with Gasteiger partial charge in [0.15, 0.2) is 25.2 Å². The third kappa shape index (κ3) is 9.99. The number of ether oxygens (including phenoxy) is 8. The Morgan fingerprint density at radius 2 is 1.21 bits per heavy atom. The molecule has 0 bridgehead atoms. The maximum absolute atomic E-state index is 12.4. The minimum atomic E-state index is -1.97. The topological polar surface area (TPSA) is 366 Å². The lowest BCUT2D eigenvalue weighted by Gasteiger charge is -2.47. The summed E-state index contributed by atoms with van der Waals surface area (Å²) in [6.45, 7) is -4.39. The summed E-state index contributed by atoms with van der Waals surface area (Å²) in [7, 11) is 0. The van der Waals surface area contributed by atoms with E-state index in [0.717, 1.165) is 0 Å². The molecule has 0 radical (unpaired) electrons. The molecule has 4 saturated heterocycles. The maximum atomic E-state index is 12.4. The molecule has 14 N–H and O–H groups in total. The molecule has 0 unspecified atom stereocenters. The second-order valence-corrected chi connectivity index (χ2v) is 13.7. The molecule has 1 aromatic rings. The smallest absolute Gasteiger partial charge is 0.246 e. The van der Waals surface area contributed by atoms with Gasteiger partial charge in [0.05, 0.1) is 33.0 Å².